The molecule has 0 radical (unpaired) electrons. The second-order valence-corrected chi connectivity index (χ2v) is 5.74. The number of carbonyl (C=O) groups is 1. The maximum absolute atomic E-state index is 12.1. The molecule has 0 atom stereocenters. The molecule has 1 saturated heterocycles. The van der Waals surface area contributed by atoms with E-state index in [9.17, 15) is 9.90 Å². The minimum absolute atomic E-state index is 0.114. The van der Waals surface area contributed by atoms with E-state index in [0.29, 0.717) is 37.4 Å². The van der Waals surface area contributed by atoms with Gasteiger partial charge < -0.3 is 25.4 Å². The maximum atomic E-state index is 12.1. The molecule has 21 heavy (non-hydrogen) atoms. The summed E-state index contributed by atoms with van der Waals surface area (Å²) in [6.45, 7) is 2.76. The summed E-state index contributed by atoms with van der Waals surface area (Å²) in [7, 11) is 1.60. The lowest BCUT2D eigenvalue weighted by Crippen LogP contribution is -2.52. The van der Waals surface area contributed by atoms with Crippen LogP contribution in [0.3, 0.4) is 0 Å². The molecule has 2 fully saturated rings. The molecule has 1 aliphatic carbocycles. The molecule has 1 saturated carbocycles. The minimum Gasteiger partial charge on any atom is -0.495 e. The van der Waals surface area contributed by atoms with Crippen LogP contribution in [0.25, 0.3) is 0 Å². The van der Waals surface area contributed by atoms with Crippen molar-refractivity contribution in [1.29, 1.82) is 0 Å². The van der Waals surface area contributed by atoms with Gasteiger partial charge in [0.1, 0.15) is 11.4 Å². The molecule has 1 aromatic carbocycles. The smallest absolute Gasteiger partial charge is 0.254 e. The molecule has 6 nitrogen and oxygen atoms in total. The van der Waals surface area contributed by atoms with Crippen molar-refractivity contribution in [3.8, 4) is 5.75 Å². The van der Waals surface area contributed by atoms with Gasteiger partial charge in [0, 0.05) is 37.9 Å². The second kappa shape index (κ2) is 5.11. The van der Waals surface area contributed by atoms with Crippen LogP contribution in [0.5, 0.6) is 5.75 Å². The molecular weight excluding hydrogens is 270 g/mol. The molecule has 1 aromatic rings. The van der Waals surface area contributed by atoms with Crippen molar-refractivity contribution in [2.24, 2.45) is 0 Å². The third kappa shape index (κ3) is 2.63. The van der Waals surface area contributed by atoms with Crippen LogP contribution in [0.15, 0.2) is 18.2 Å². The largest absolute Gasteiger partial charge is 0.495 e. The van der Waals surface area contributed by atoms with Crippen LogP contribution in [0.4, 0.5) is 11.4 Å². The fraction of sp³-hybridized carbons (Fsp3) is 0.533. The molecule has 1 aliphatic heterocycles. The first-order valence-electron chi connectivity index (χ1n) is 7.24. The predicted octanol–water partition coefficient (Wildman–Crippen LogP) is 0.451. The van der Waals surface area contributed by atoms with Crippen LogP contribution in [0.1, 0.15) is 12.8 Å². The molecule has 3 N–H and O–H groups in total. The van der Waals surface area contributed by atoms with Gasteiger partial charge in [0.25, 0.3) is 5.91 Å². The molecule has 0 unspecified atom stereocenters. The molecule has 0 spiro atoms. The van der Waals surface area contributed by atoms with E-state index in [2.05, 4.69) is 4.90 Å². The Balaban J connectivity index is 1.64. The van der Waals surface area contributed by atoms with Crippen LogP contribution in [0, 0.1) is 0 Å². The number of hydrogen-bond donors (Lipinski definition) is 2. The van der Waals surface area contributed by atoms with Crippen LogP contribution in [0.2, 0.25) is 0 Å². The van der Waals surface area contributed by atoms with Crippen molar-refractivity contribution in [3.63, 3.8) is 0 Å². The molecule has 2 aliphatic rings. The first-order chi connectivity index (χ1) is 10.0. The number of nitrogens with two attached hydrogens (primary N) is 1. The Bertz CT molecular complexity index is 549. The van der Waals surface area contributed by atoms with Crippen molar-refractivity contribution in [2.75, 3.05) is 43.9 Å². The second-order valence-electron chi connectivity index (χ2n) is 5.74. The van der Waals surface area contributed by atoms with Crippen LogP contribution >= 0.6 is 0 Å². The van der Waals surface area contributed by atoms with Crippen molar-refractivity contribution in [2.45, 2.75) is 18.4 Å². The summed E-state index contributed by atoms with van der Waals surface area (Å²) in [5, 5.41) is 9.90. The van der Waals surface area contributed by atoms with E-state index in [-0.39, 0.29) is 5.91 Å². The highest BCUT2D eigenvalue weighted by molar-refractivity contribution is 5.88. The summed E-state index contributed by atoms with van der Waals surface area (Å²) in [5.41, 5.74) is 6.42. The Morgan fingerprint density at radius 1 is 1.29 bits per heavy atom. The van der Waals surface area contributed by atoms with Crippen molar-refractivity contribution < 1.29 is 14.6 Å². The van der Waals surface area contributed by atoms with E-state index < -0.39 is 5.60 Å². The molecule has 114 valence electrons. The van der Waals surface area contributed by atoms with Crippen molar-refractivity contribution >= 4 is 17.3 Å². The third-order valence-electron chi connectivity index (χ3n) is 4.27. The Morgan fingerprint density at radius 3 is 2.52 bits per heavy atom. The molecule has 6 heteroatoms. The highest BCUT2D eigenvalue weighted by Gasteiger charge is 2.50. The van der Waals surface area contributed by atoms with Gasteiger partial charge in [0.2, 0.25) is 0 Å². The highest BCUT2D eigenvalue weighted by Crippen LogP contribution is 2.37. The topological polar surface area (TPSA) is 79.0 Å². The minimum atomic E-state index is -1.06. The number of hydrogen-bond acceptors (Lipinski definition) is 5. The zero-order valence-corrected chi connectivity index (χ0v) is 12.2. The summed E-state index contributed by atoms with van der Waals surface area (Å²) < 4.78 is 5.24. The van der Waals surface area contributed by atoms with Crippen LogP contribution < -0.4 is 15.4 Å². The van der Waals surface area contributed by atoms with E-state index in [1.54, 1.807) is 12.0 Å². The summed E-state index contributed by atoms with van der Waals surface area (Å²) in [6.07, 6.45) is 1.20. The highest BCUT2D eigenvalue weighted by atomic mass is 16.5. The number of benzene rings is 1. The molecule has 1 heterocycles. The van der Waals surface area contributed by atoms with Gasteiger partial charge in [-0.25, -0.2) is 0 Å². The fourth-order valence-electron chi connectivity index (χ4n) is 2.69. The number of piperazine rings is 1. The van der Waals surface area contributed by atoms with Crippen LogP contribution in [-0.4, -0.2) is 54.8 Å². The maximum Gasteiger partial charge on any atom is 0.254 e. The SMILES string of the molecule is COc1cc(N2CCN(C(=O)C3(O)CC3)CC2)ccc1N. The number of amides is 1. The van der Waals surface area contributed by atoms with Gasteiger partial charge >= 0.3 is 0 Å². The molecule has 1 amide bonds. The zero-order valence-electron chi connectivity index (χ0n) is 12.2. The molecular formula is C15H21N3O3. The third-order valence-corrected chi connectivity index (χ3v) is 4.27. The monoisotopic (exact) mass is 291 g/mol. The Kier molecular flexibility index (Phi) is 3.41. The number of anilines is 2. The van der Waals surface area contributed by atoms with Crippen molar-refractivity contribution in [3.05, 3.63) is 18.2 Å². The summed E-state index contributed by atoms with van der Waals surface area (Å²) in [4.78, 5) is 16.1. The number of nitrogens with zero attached hydrogens (tertiary/aromatic N) is 2. The standard InChI is InChI=1S/C15H21N3O3/c1-21-13-10-11(2-3-12(13)16)17-6-8-18(9-7-17)14(19)15(20)4-5-15/h2-3,10,20H,4-9,16H2,1H3. The number of rotatable bonds is 3. The van der Waals surface area contributed by atoms with Gasteiger partial charge in [-0.2, -0.15) is 0 Å². The number of methoxy groups -OCH3 is 1. The number of carbonyl (C=O) groups excluding carboxylic acids is 1. The molecule has 3 rings (SSSR count). The molecule has 0 aromatic heterocycles. The van der Waals surface area contributed by atoms with Crippen molar-refractivity contribution in [1.82, 2.24) is 4.90 Å². The number of ether oxygens (including phenoxy) is 1. The average molecular weight is 291 g/mol. The van der Waals surface area contributed by atoms with Gasteiger partial charge in [-0.05, 0) is 25.0 Å². The quantitative estimate of drug-likeness (QED) is 0.791. The fourth-order valence-corrected chi connectivity index (χ4v) is 2.69. The number of aliphatic hydroxyl groups is 1. The van der Waals surface area contributed by atoms with Gasteiger partial charge in [-0.1, -0.05) is 0 Å². The zero-order chi connectivity index (χ0) is 15.0. The lowest BCUT2D eigenvalue weighted by atomic mass is 10.2. The first-order valence-corrected chi connectivity index (χ1v) is 7.24. The van der Waals surface area contributed by atoms with E-state index in [0.717, 1.165) is 18.8 Å². The first kappa shape index (κ1) is 14.0. The Labute approximate surface area is 124 Å². The molecule has 0 bridgehead atoms. The Hall–Kier alpha value is -1.95. The predicted molar refractivity (Wildman–Crippen MR) is 80.4 cm³/mol. The normalized spacial score (nSPS) is 20.3. The summed E-state index contributed by atoms with van der Waals surface area (Å²) >= 11 is 0. The van der Waals surface area contributed by atoms with Gasteiger partial charge in [0.15, 0.2) is 0 Å². The average Bonchev–Trinajstić information content (AvgIpc) is 3.26. The lowest BCUT2D eigenvalue weighted by Gasteiger charge is -2.37. The summed E-state index contributed by atoms with van der Waals surface area (Å²) in [6, 6.07) is 5.71. The van der Waals surface area contributed by atoms with E-state index in [4.69, 9.17) is 10.5 Å². The Morgan fingerprint density at radius 2 is 1.95 bits per heavy atom. The van der Waals surface area contributed by atoms with Gasteiger partial charge in [0.05, 0.1) is 12.8 Å². The van der Waals surface area contributed by atoms with E-state index >= 15 is 0 Å². The van der Waals surface area contributed by atoms with E-state index in [1.165, 1.54) is 0 Å². The van der Waals surface area contributed by atoms with Gasteiger partial charge in [-0.3, -0.25) is 4.79 Å². The van der Waals surface area contributed by atoms with E-state index in [1.807, 2.05) is 18.2 Å². The van der Waals surface area contributed by atoms with Gasteiger partial charge in [-0.15, -0.1) is 0 Å². The lowest BCUT2D eigenvalue weighted by molar-refractivity contribution is -0.142. The van der Waals surface area contributed by atoms with Crippen LogP contribution in [-0.2, 0) is 4.79 Å². The summed E-state index contributed by atoms with van der Waals surface area (Å²) in [5.74, 6) is 0.551. The number of nitrogen functional groups attached to an aromatic ring is 1.